The number of rotatable bonds is 5. The number of furan rings is 1. The molecule has 2 N–H and O–H groups in total. The van der Waals surface area contributed by atoms with Gasteiger partial charge in [-0.2, -0.15) is 0 Å². The normalized spacial score (nSPS) is 12.9. The molecule has 2 aromatic rings. The maximum absolute atomic E-state index is 9.24. The highest BCUT2D eigenvalue weighted by Crippen LogP contribution is 2.22. The molecule has 1 unspecified atom stereocenters. The van der Waals surface area contributed by atoms with Crippen molar-refractivity contribution in [3.05, 3.63) is 45.5 Å². The topological polar surface area (TPSA) is 45.4 Å². The monoisotopic (exact) mass is 257 g/mol. The van der Waals surface area contributed by atoms with Gasteiger partial charge in [0.1, 0.15) is 5.76 Å². The van der Waals surface area contributed by atoms with Crippen molar-refractivity contribution in [2.45, 2.75) is 12.6 Å². The fraction of sp³-hybridized carbons (Fsp3) is 0.273. The number of halogens is 1. The third kappa shape index (κ3) is 2.86. The van der Waals surface area contributed by atoms with E-state index in [0.29, 0.717) is 6.54 Å². The number of nitrogens with one attached hydrogen (secondary N) is 1. The minimum Gasteiger partial charge on any atom is -0.468 e. The van der Waals surface area contributed by atoms with Crippen LogP contribution in [0, 0.1) is 0 Å². The number of thiophene rings is 1. The van der Waals surface area contributed by atoms with Gasteiger partial charge in [0.2, 0.25) is 0 Å². The Bertz CT molecular complexity index is 427. The predicted octanol–water partition coefficient (Wildman–Crippen LogP) is 2.82. The molecule has 2 aromatic heterocycles. The van der Waals surface area contributed by atoms with E-state index in [1.165, 1.54) is 11.3 Å². The molecule has 0 bridgehead atoms. The summed E-state index contributed by atoms with van der Waals surface area (Å²) in [6.45, 7) is 0.677. The van der Waals surface area contributed by atoms with Crippen LogP contribution in [0.1, 0.15) is 16.7 Å². The van der Waals surface area contributed by atoms with Gasteiger partial charge in [0, 0.05) is 11.4 Å². The first-order valence-electron chi connectivity index (χ1n) is 4.91. The molecule has 2 heterocycles. The predicted molar refractivity (Wildman–Crippen MR) is 64.7 cm³/mol. The fourth-order valence-electron chi connectivity index (χ4n) is 1.42. The molecule has 0 amide bonds. The SMILES string of the molecule is OCC(NCc1ccc(Cl)s1)c1ccco1. The zero-order chi connectivity index (χ0) is 11.4. The van der Waals surface area contributed by atoms with Crippen molar-refractivity contribution in [1.82, 2.24) is 5.32 Å². The lowest BCUT2D eigenvalue weighted by atomic mass is 10.2. The van der Waals surface area contributed by atoms with Crippen molar-refractivity contribution >= 4 is 22.9 Å². The molecule has 0 aromatic carbocycles. The number of hydrogen-bond donors (Lipinski definition) is 2. The summed E-state index contributed by atoms with van der Waals surface area (Å²) in [4.78, 5) is 1.13. The Morgan fingerprint density at radius 3 is 2.88 bits per heavy atom. The molecular formula is C11H12ClNO2S. The van der Waals surface area contributed by atoms with Crippen molar-refractivity contribution in [2.24, 2.45) is 0 Å². The van der Waals surface area contributed by atoms with E-state index in [2.05, 4.69) is 5.32 Å². The Morgan fingerprint density at radius 2 is 2.31 bits per heavy atom. The minimum absolute atomic E-state index is 0.00657. The van der Waals surface area contributed by atoms with Crippen LogP contribution in [0.4, 0.5) is 0 Å². The van der Waals surface area contributed by atoms with E-state index in [-0.39, 0.29) is 12.6 Å². The van der Waals surface area contributed by atoms with Crippen LogP contribution in [0.2, 0.25) is 4.34 Å². The molecular weight excluding hydrogens is 246 g/mol. The van der Waals surface area contributed by atoms with Gasteiger partial charge < -0.3 is 14.8 Å². The molecule has 0 aliphatic heterocycles. The van der Waals surface area contributed by atoms with E-state index < -0.39 is 0 Å². The second-order valence-corrected chi connectivity index (χ2v) is 5.14. The van der Waals surface area contributed by atoms with Crippen molar-refractivity contribution in [2.75, 3.05) is 6.61 Å². The molecule has 0 aliphatic carbocycles. The molecule has 0 radical (unpaired) electrons. The van der Waals surface area contributed by atoms with Crippen LogP contribution in [-0.4, -0.2) is 11.7 Å². The van der Waals surface area contributed by atoms with Gasteiger partial charge in [-0.25, -0.2) is 0 Å². The van der Waals surface area contributed by atoms with E-state index in [1.807, 2.05) is 24.3 Å². The molecule has 2 rings (SSSR count). The van der Waals surface area contributed by atoms with Gasteiger partial charge in [-0.1, -0.05) is 11.6 Å². The summed E-state index contributed by atoms with van der Waals surface area (Å²) in [7, 11) is 0. The Kier molecular flexibility index (Phi) is 4.01. The van der Waals surface area contributed by atoms with Crippen LogP contribution >= 0.6 is 22.9 Å². The average molecular weight is 258 g/mol. The largest absolute Gasteiger partial charge is 0.468 e. The maximum Gasteiger partial charge on any atom is 0.123 e. The molecule has 1 atom stereocenters. The van der Waals surface area contributed by atoms with Crippen molar-refractivity contribution < 1.29 is 9.52 Å². The second-order valence-electron chi connectivity index (χ2n) is 3.34. The summed E-state index contributed by atoms with van der Waals surface area (Å²) < 4.78 is 6.01. The second kappa shape index (κ2) is 5.50. The highest BCUT2D eigenvalue weighted by molar-refractivity contribution is 7.16. The summed E-state index contributed by atoms with van der Waals surface area (Å²) in [6.07, 6.45) is 1.60. The van der Waals surface area contributed by atoms with E-state index in [0.717, 1.165) is 15.0 Å². The molecule has 0 saturated carbocycles. The Balaban J connectivity index is 1.93. The van der Waals surface area contributed by atoms with Crippen LogP contribution in [0.3, 0.4) is 0 Å². The maximum atomic E-state index is 9.24. The zero-order valence-electron chi connectivity index (χ0n) is 8.52. The average Bonchev–Trinajstić information content (AvgIpc) is 2.91. The zero-order valence-corrected chi connectivity index (χ0v) is 10.1. The lowest BCUT2D eigenvalue weighted by Gasteiger charge is -2.12. The molecule has 5 heteroatoms. The molecule has 3 nitrogen and oxygen atoms in total. The molecule has 0 aliphatic rings. The minimum atomic E-state index is -0.170. The van der Waals surface area contributed by atoms with Gasteiger partial charge in [-0.15, -0.1) is 11.3 Å². The van der Waals surface area contributed by atoms with Gasteiger partial charge in [0.15, 0.2) is 0 Å². The van der Waals surface area contributed by atoms with Crippen molar-refractivity contribution in [1.29, 1.82) is 0 Å². The smallest absolute Gasteiger partial charge is 0.123 e. The van der Waals surface area contributed by atoms with E-state index in [9.17, 15) is 5.11 Å². The van der Waals surface area contributed by atoms with E-state index in [4.69, 9.17) is 16.0 Å². The Hall–Kier alpha value is -0.810. The number of aliphatic hydroxyl groups excluding tert-OH is 1. The standard InChI is InChI=1S/C11H12ClNO2S/c12-11-4-3-8(16-11)6-13-9(7-14)10-2-1-5-15-10/h1-5,9,13-14H,6-7H2. The Morgan fingerprint density at radius 1 is 1.44 bits per heavy atom. The molecule has 16 heavy (non-hydrogen) atoms. The van der Waals surface area contributed by atoms with Crippen LogP contribution in [0.25, 0.3) is 0 Å². The van der Waals surface area contributed by atoms with Crippen molar-refractivity contribution in [3.8, 4) is 0 Å². The molecule has 0 spiro atoms. The summed E-state index contributed by atoms with van der Waals surface area (Å²) >= 11 is 7.36. The van der Waals surface area contributed by atoms with Gasteiger partial charge in [-0.05, 0) is 24.3 Å². The van der Waals surface area contributed by atoms with Crippen LogP contribution < -0.4 is 5.32 Å². The first-order chi connectivity index (χ1) is 7.79. The quantitative estimate of drug-likeness (QED) is 0.866. The summed E-state index contributed by atoms with van der Waals surface area (Å²) in [5, 5.41) is 12.4. The van der Waals surface area contributed by atoms with E-state index >= 15 is 0 Å². The third-order valence-electron chi connectivity index (χ3n) is 2.22. The summed E-state index contributed by atoms with van der Waals surface area (Å²) in [6, 6.07) is 7.31. The first-order valence-corrected chi connectivity index (χ1v) is 6.11. The van der Waals surface area contributed by atoms with Crippen LogP contribution in [0.5, 0.6) is 0 Å². The summed E-state index contributed by atoms with van der Waals surface area (Å²) in [5.41, 5.74) is 0. The van der Waals surface area contributed by atoms with Gasteiger partial charge in [0.25, 0.3) is 0 Å². The molecule has 0 fully saturated rings. The number of hydrogen-bond acceptors (Lipinski definition) is 4. The highest BCUT2D eigenvalue weighted by Gasteiger charge is 2.12. The lowest BCUT2D eigenvalue weighted by molar-refractivity contribution is 0.226. The van der Waals surface area contributed by atoms with E-state index in [1.54, 1.807) is 6.26 Å². The van der Waals surface area contributed by atoms with Gasteiger partial charge in [0.05, 0.1) is 23.2 Å². The summed E-state index contributed by atoms with van der Waals surface area (Å²) in [5.74, 6) is 0.741. The van der Waals surface area contributed by atoms with Gasteiger partial charge >= 0.3 is 0 Å². The van der Waals surface area contributed by atoms with Crippen LogP contribution in [-0.2, 0) is 6.54 Å². The highest BCUT2D eigenvalue weighted by atomic mass is 35.5. The fourth-order valence-corrected chi connectivity index (χ4v) is 2.45. The molecule has 0 saturated heterocycles. The number of aliphatic hydroxyl groups is 1. The Labute approximate surface area is 103 Å². The molecule has 86 valence electrons. The lowest BCUT2D eigenvalue weighted by Crippen LogP contribution is -2.23. The first kappa shape index (κ1) is 11.7. The van der Waals surface area contributed by atoms with Crippen molar-refractivity contribution in [3.63, 3.8) is 0 Å². The van der Waals surface area contributed by atoms with Crippen LogP contribution in [0.15, 0.2) is 34.9 Å². The third-order valence-corrected chi connectivity index (χ3v) is 3.45. The van der Waals surface area contributed by atoms with Gasteiger partial charge in [-0.3, -0.25) is 0 Å².